The van der Waals surface area contributed by atoms with Gasteiger partial charge in [-0.3, -0.25) is 19.2 Å². The maximum atomic E-state index is 13.5. The van der Waals surface area contributed by atoms with Crippen LogP contribution in [0.25, 0.3) is 0 Å². The largest absolute Gasteiger partial charge is 0.452 e. The lowest BCUT2D eigenvalue weighted by Crippen LogP contribution is -2.59. The molecule has 0 radical (unpaired) electrons. The molecule has 0 saturated carbocycles. The normalized spacial score (nSPS) is 15.2. The second-order valence-electron chi connectivity index (χ2n) is 14.3. The molecule has 0 aliphatic rings. The monoisotopic (exact) mass is 778 g/mol. The number of carbonyl (C=O) groups excluding carboxylic acids is 5. The highest BCUT2D eigenvalue weighted by Crippen LogP contribution is 2.28. The van der Waals surface area contributed by atoms with E-state index >= 15 is 0 Å². The van der Waals surface area contributed by atoms with Gasteiger partial charge in [0.25, 0.3) is 5.91 Å². The van der Waals surface area contributed by atoms with Crippen LogP contribution >= 0.6 is 0 Å². The lowest BCUT2D eigenvalue weighted by molar-refractivity contribution is -0.149. The molecule has 0 spiro atoms. The Morgan fingerprint density at radius 2 is 1.20 bits per heavy atom. The standard InChI is InChI=1S/C41H54N4O11/c1-6-16-29(45-40(54)56-41(3,4)5)38(52)42-25(2)37(51)44-31(24-46)33(48)34(49)35(50)39(53)43-30(26-17-10-7-11-18-26)23-32(47)55-36(27-19-12-8-13-20-27)28-21-14-9-15-22-28/h7-15,17-22,25,29-31,33-36,46,48-50H,6,16,23-24H2,1-5H3,(H,42,52)(H,43,53)(H,44,51)(H,45,54)/t25-,29-,30-,31-,33+,34+,35-/m0/s1. The molecule has 0 heterocycles. The Labute approximate surface area is 326 Å². The Kier molecular flexibility index (Phi) is 17.4. The van der Waals surface area contributed by atoms with Crippen molar-refractivity contribution in [3.63, 3.8) is 0 Å². The quantitative estimate of drug-likeness (QED) is 0.0823. The Bertz CT molecular complexity index is 1670. The highest BCUT2D eigenvalue weighted by Gasteiger charge is 2.37. The average molecular weight is 779 g/mol. The zero-order valence-electron chi connectivity index (χ0n) is 32.3. The molecule has 0 aliphatic heterocycles. The topological polar surface area (TPSA) is 233 Å². The molecule has 3 rings (SSSR count). The summed E-state index contributed by atoms with van der Waals surface area (Å²) in [7, 11) is 0. The predicted octanol–water partition coefficient (Wildman–Crippen LogP) is 2.32. The van der Waals surface area contributed by atoms with Gasteiger partial charge in [-0.1, -0.05) is 104 Å². The van der Waals surface area contributed by atoms with Gasteiger partial charge in [0.1, 0.15) is 29.9 Å². The van der Waals surface area contributed by atoms with E-state index in [1.165, 1.54) is 6.92 Å². The highest BCUT2D eigenvalue weighted by molar-refractivity contribution is 5.91. The number of nitrogens with one attached hydrogen (secondary N) is 4. The number of rotatable bonds is 19. The number of alkyl carbamates (subject to hydrolysis) is 1. The second kappa shape index (κ2) is 21.7. The molecule has 8 N–H and O–H groups in total. The van der Waals surface area contributed by atoms with Gasteiger partial charge in [-0.2, -0.15) is 0 Å². The average Bonchev–Trinajstić information content (AvgIpc) is 3.17. The van der Waals surface area contributed by atoms with Gasteiger partial charge in [-0.15, -0.1) is 0 Å². The predicted molar refractivity (Wildman–Crippen MR) is 205 cm³/mol. The van der Waals surface area contributed by atoms with E-state index in [0.717, 1.165) is 11.1 Å². The Morgan fingerprint density at radius 3 is 1.68 bits per heavy atom. The van der Waals surface area contributed by atoms with Crippen LogP contribution in [-0.2, 0) is 28.7 Å². The zero-order chi connectivity index (χ0) is 41.4. The van der Waals surface area contributed by atoms with Crippen LogP contribution in [0.1, 0.15) is 82.7 Å². The van der Waals surface area contributed by atoms with Crippen LogP contribution in [0.5, 0.6) is 0 Å². The summed E-state index contributed by atoms with van der Waals surface area (Å²) < 4.78 is 11.1. The van der Waals surface area contributed by atoms with E-state index in [4.69, 9.17) is 9.47 Å². The minimum absolute atomic E-state index is 0.234. The Balaban J connectivity index is 1.66. The van der Waals surface area contributed by atoms with Crippen molar-refractivity contribution in [1.82, 2.24) is 21.3 Å². The van der Waals surface area contributed by atoms with Gasteiger partial charge < -0.3 is 51.2 Å². The molecule has 0 aromatic heterocycles. The molecule has 0 bridgehead atoms. The number of carbonyl (C=O) groups is 5. The molecule has 56 heavy (non-hydrogen) atoms. The first kappa shape index (κ1) is 45.0. The number of ether oxygens (including phenoxy) is 2. The van der Waals surface area contributed by atoms with Crippen molar-refractivity contribution in [2.24, 2.45) is 0 Å². The molecular weight excluding hydrogens is 724 g/mol. The van der Waals surface area contributed by atoms with E-state index in [2.05, 4.69) is 21.3 Å². The molecule has 3 aromatic carbocycles. The summed E-state index contributed by atoms with van der Waals surface area (Å²) in [5, 5.41) is 52.3. The maximum absolute atomic E-state index is 13.5. The molecule has 15 heteroatoms. The molecule has 0 aliphatic carbocycles. The van der Waals surface area contributed by atoms with Crippen molar-refractivity contribution < 1.29 is 53.9 Å². The van der Waals surface area contributed by atoms with Crippen LogP contribution in [0.4, 0.5) is 4.79 Å². The van der Waals surface area contributed by atoms with Crippen LogP contribution in [0, 0.1) is 0 Å². The first-order valence-corrected chi connectivity index (χ1v) is 18.4. The Hall–Kier alpha value is -5.35. The van der Waals surface area contributed by atoms with Crippen LogP contribution in [-0.4, -0.2) is 98.9 Å². The number of esters is 1. The number of aliphatic hydroxyl groups is 4. The fraction of sp³-hybridized carbons (Fsp3) is 0.439. The highest BCUT2D eigenvalue weighted by atomic mass is 16.6. The van der Waals surface area contributed by atoms with E-state index in [0.29, 0.717) is 12.0 Å². The van der Waals surface area contributed by atoms with E-state index in [1.54, 1.807) is 58.0 Å². The van der Waals surface area contributed by atoms with E-state index < -0.39 is 90.6 Å². The fourth-order valence-corrected chi connectivity index (χ4v) is 5.64. The number of hydrogen-bond donors (Lipinski definition) is 8. The Morgan fingerprint density at radius 1 is 0.679 bits per heavy atom. The molecule has 0 saturated heterocycles. The maximum Gasteiger partial charge on any atom is 0.408 e. The summed E-state index contributed by atoms with van der Waals surface area (Å²) in [4.78, 5) is 65.0. The summed E-state index contributed by atoms with van der Waals surface area (Å²) in [5.41, 5.74) is 1.11. The van der Waals surface area contributed by atoms with E-state index in [-0.39, 0.29) is 12.8 Å². The molecule has 0 fully saturated rings. The second-order valence-corrected chi connectivity index (χ2v) is 14.3. The lowest BCUT2D eigenvalue weighted by Gasteiger charge is -2.30. The van der Waals surface area contributed by atoms with Crippen molar-refractivity contribution in [3.8, 4) is 0 Å². The molecule has 0 unspecified atom stereocenters. The van der Waals surface area contributed by atoms with E-state index in [1.807, 2.05) is 60.7 Å². The van der Waals surface area contributed by atoms with Crippen LogP contribution in [0.15, 0.2) is 91.0 Å². The van der Waals surface area contributed by atoms with Gasteiger partial charge >= 0.3 is 12.1 Å². The molecule has 4 amide bonds. The van der Waals surface area contributed by atoms with Gasteiger partial charge in [-0.05, 0) is 50.8 Å². The summed E-state index contributed by atoms with van der Waals surface area (Å²) >= 11 is 0. The third-order valence-corrected chi connectivity index (χ3v) is 8.56. The number of benzene rings is 3. The van der Waals surface area contributed by atoms with Crippen molar-refractivity contribution in [2.45, 2.75) is 108 Å². The zero-order valence-corrected chi connectivity index (χ0v) is 32.3. The minimum Gasteiger partial charge on any atom is -0.452 e. The summed E-state index contributed by atoms with van der Waals surface area (Å²) in [6.07, 6.45) is -7.79. The molecule has 3 aromatic rings. The van der Waals surface area contributed by atoms with Crippen LogP contribution < -0.4 is 21.3 Å². The molecular formula is C41H54N4O11. The van der Waals surface area contributed by atoms with Crippen molar-refractivity contribution >= 4 is 29.8 Å². The number of hydrogen-bond acceptors (Lipinski definition) is 11. The smallest absolute Gasteiger partial charge is 0.408 e. The summed E-state index contributed by atoms with van der Waals surface area (Å²) in [6, 6.07) is 21.7. The molecule has 7 atom stereocenters. The first-order chi connectivity index (χ1) is 26.5. The van der Waals surface area contributed by atoms with E-state index in [9.17, 15) is 44.4 Å². The minimum atomic E-state index is -2.29. The summed E-state index contributed by atoms with van der Waals surface area (Å²) in [6.45, 7) is 7.18. The lowest BCUT2D eigenvalue weighted by atomic mass is 9.98. The fourth-order valence-electron chi connectivity index (χ4n) is 5.64. The van der Waals surface area contributed by atoms with Crippen molar-refractivity contribution in [2.75, 3.05) is 6.61 Å². The van der Waals surface area contributed by atoms with Gasteiger partial charge in [0.2, 0.25) is 11.8 Å². The van der Waals surface area contributed by atoms with Crippen molar-refractivity contribution in [1.29, 1.82) is 0 Å². The third kappa shape index (κ3) is 14.1. The van der Waals surface area contributed by atoms with Crippen LogP contribution in [0.2, 0.25) is 0 Å². The van der Waals surface area contributed by atoms with Crippen LogP contribution in [0.3, 0.4) is 0 Å². The number of aliphatic hydroxyl groups excluding tert-OH is 4. The van der Waals surface area contributed by atoms with Gasteiger partial charge in [0, 0.05) is 0 Å². The van der Waals surface area contributed by atoms with Gasteiger partial charge in [-0.25, -0.2) is 4.79 Å². The van der Waals surface area contributed by atoms with Gasteiger partial charge in [0.15, 0.2) is 12.2 Å². The molecule has 15 nitrogen and oxygen atoms in total. The summed E-state index contributed by atoms with van der Waals surface area (Å²) in [5.74, 6) is -3.43. The van der Waals surface area contributed by atoms with Crippen molar-refractivity contribution in [3.05, 3.63) is 108 Å². The SMILES string of the molecule is CCC[C@H](NC(=O)OC(C)(C)C)C(=O)N[C@@H](C)C(=O)N[C@@H](CO)[C@@H](O)[C@@H](O)[C@H](O)C(=O)N[C@@H](CC(=O)OC(c1ccccc1)c1ccccc1)c1ccccc1. The third-order valence-electron chi connectivity index (χ3n) is 8.56. The first-order valence-electron chi connectivity index (χ1n) is 18.4. The van der Waals surface area contributed by atoms with Gasteiger partial charge in [0.05, 0.1) is 25.1 Å². The molecule has 304 valence electrons. The number of amides is 4.